The quantitative estimate of drug-likeness (QED) is 0.623. The van der Waals surface area contributed by atoms with E-state index in [2.05, 4.69) is 23.3 Å². The number of amides is 3. The van der Waals surface area contributed by atoms with Gasteiger partial charge in [0.1, 0.15) is 0 Å². The number of aromatic nitrogens is 1. The Morgan fingerprint density at radius 2 is 2.00 bits per heavy atom. The predicted octanol–water partition coefficient (Wildman–Crippen LogP) is 4.74. The highest BCUT2D eigenvalue weighted by Crippen LogP contribution is 2.33. The summed E-state index contributed by atoms with van der Waals surface area (Å²) in [4.78, 5) is 41.3. The minimum atomic E-state index is -0.210. The number of nitrogens with zero attached hydrogens (tertiary/aromatic N) is 1. The number of anilines is 1. The Balaban J connectivity index is 1.34. The molecule has 1 aliphatic heterocycles. The van der Waals surface area contributed by atoms with E-state index in [1.807, 2.05) is 24.3 Å². The van der Waals surface area contributed by atoms with Crippen molar-refractivity contribution in [2.24, 2.45) is 5.92 Å². The molecule has 7 heteroatoms. The zero-order chi connectivity index (χ0) is 21.5. The molecule has 0 spiro atoms. The van der Waals surface area contributed by atoms with E-state index < -0.39 is 0 Å². The smallest absolute Gasteiger partial charge is 0.289 e. The number of rotatable bonds is 4. The Kier molecular flexibility index (Phi) is 5.06. The van der Waals surface area contributed by atoms with Crippen molar-refractivity contribution >= 4 is 45.4 Å². The molecule has 1 unspecified atom stereocenters. The first kappa shape index (κ1) is 19.9. The van der Waals surface area contributed by atoms with Gasteiger partial charge in [-0.1, -0.05) is 43.0 Å². The van der Waals surface area contributed by atoms with E-state index in [0.29, 0.717) is 17.2 Å². The maximum atomic E-state index is 13.0. The number of imide groups is 1. The molecule has 0 bridgehead atoms. The molecule has 6 nitrogen and oxygen atoms in total. The molecular formula is C24H23N3O3S. The van der Waals surface area contributed by atoms with Crippen molar-refractivity contribution in [1.82, 2.24) is 9.88 Å². The standard InChI is InChI=1S/C24H23N3O3S/c1-14-5-10-20-19(11-14)17-3-2-4-18(22(17)26-20)23(29)25-16-8-6-15(7-9-16)12-27-21(28)13-31-24(27)30/h2-4,6-9,14,26H,5,10-13H2,1H3,(H,25,29). The molecule has 1 saturated heterocycles. The van der Waals surface area contributed by atoms with Gasteiger partial charge in [-0.25, -0.2) is 0 Å². The van der Waals surface area contributed by atoms with Crippen LogP contribution in [-0.2, 0) is 24.2 Å². The summed E-state index contributed by atoms with van der Waals surface area (Å²) in [7, 11) is 0. The molecule has 0 saturated carbocycles. The van der Waals surface area contributed by atoms with Gasteiger partial charge in [-0.15, -0.1) is 0 Å². The van der Waals surface area contributed by atoms with Crippen LogP contribution in [0.2, 0.25) is 0 Å². The summed E-state index contributed by atoms with van der Waals surface area (Å²) >= 11 is 1.03. The molecular weight excluding hydrogens is 410 g/mol. The van der Waals surface area contributed by atoms with Crippen LogP contribution in [0.5, 0.6) is 0 Å². The molecule has 0 radical (unpaired) electrons. The maximum absolute atomic E-state index is 13.0. The Labute approximate surface area is 184 Å². The third-order valence-corrected chi connectivity index (χ3v) is 6.97. The van der Waals surface area contributed by atoms with E-state index in [4.69, 9.17) is 0 Å². The number of carbonyl (C=O) groups excluding carboxylic acids is 3. The Morgan fingerprint density at radius 1 is 1.19 bits per heavy atom. The van der Waals surface area contributed by atoms with Crippen molar-refractivity contribution in [2.45, 2.75) is 32.7 Å². The van der Waals surface area contributed by atoms with E-state index in [9.17, 15) is 14.4 Å². The first-order chi connectivity index (χ1) is 15.0. The second-order valence-electron chi connectivity index (χ2n) is 8.34. The monoisotopic (exact) mass is 433 g/mol. The van der Waals surface area contributed by atoms with Gasteiger partial charge < -0.3 is 10.3 Å². The van der Waals surface area contributed by atoms with Gasteiger partial charge in [0.15, 0.2) is 0 Å². The third kappa shape index (κ3) is 3.74. The Morgan fingerprint density at radius 3 is 2.74 bits per heavy atom. The highest BCUT2D eigenvalue weighted by molar-refractivity contribution is 8.14. The van der Waals surface area contributed by atoms with Crippen LogP contribution in [0.25, 0.3) is 10.9 Å². The largest absolute Gasteiger partial charge is 0.358 e. The lowest BCUT2D eigenvalue weighted by Crippen LogP contribution is -2.27. The van der Waals surface area contributed by atoms with Gasteiger partial charge in [-0.05, 0) is 54.5 Å². The lowest BCUT2D eigenvalue weighted by atomic mass is 9.87. The molecule has 1 aliphatic carbocycles. The number of benzene rings is 2. The number of para-hydroxylation sites is 1. The number of aryl methyl sites for hydroxylation is 1. The fraction of sp³-hybridized carbons (Fsp3) is 0.292. The molecule has 1 fully saturated rings. The second-order valence-corrected chi connectivity index (χ2v) is 9.27. The molecule has 3 amide bonds. The highest BCUT2D eigenvalue weighted by Gasteiger charge is 2.29. The molecule has 158 valence electrons. The number of thioether (sulfide) groups is 1. The summed E-state index contributed by atoms with van der Waals surface area (Å²) in [5.74, 6) is 0.543. The normalized spacial score (nSPS) is 18.5. The Hall–Kier alpha value is -3.06. The zero-order valence-electron chi connectivity index (χ0n) is 17.2. The minimum Gasteiger partial charge on any atom is -0.358 e. The average Bonchev–Trinajstić information content (AvgIpc) is 3.29. The van der Waals surface area contributed by atoms with E-state index in [1.54, 1.807) is 12.1 Å². The third-order valence-electron chi connectivity index (χ3n) is 6.11. The molecule has 2 aliphatic rings. The van der Waals surface area contributed by atoms with Gasteiger partial charge >= 0.3 is 0 Å². The molecule has 5 rings (SSSR count). The number of carbonyl (C=O) groups is 3. The SMILES string of the molecule is CC1CCc2[nH]c3c(C(=O)Nc4ccc(CN5C(=O)CSC5=O)cc4)cccc3c2C1. The summed E-state index contributed by atoms with van der Waals surface area (Å²) < 4.78 is 0. The van der Waals surface area contributed by atoms with Crippen LogP contribution >= 0.6 is 11.8 Å². The summed E-state index contributed by atoms with van der Waals surface area (Å²) in [6.45, 7) is 2.53. The molecule has 2 N–H and O–H groups in total. The van der Waals surface area contributed by atoms with Crippen molar-refractivity contribution in [3.63, 3.8) is 0 Å². The van der Waals surface area contributed by atoms with Crippen LogP contribution in [0.3, 0.4) is 0 Å². The van der Waals surface area contributed by atoms with E-state index in [-0.39, 0.29) is 29.4 Å². The molecule has 1 aromatic heterocycles. The summed E-state index contributed by atoms with van der Waals surface area (Å²) in [6.07, 6.45) is 3.23. The van der Waals surface area contributed by atoms with Crippen LogP contribution in [-0.4, -0.2) is 32.7 Å². The van der Waals surface area contributed by atoms with Gasteiger partial charge in [-0.3, -0.25) is 19.3 Å². The van der Waals surface area contributed by atoms with Crippen LogP contribution < -0.4 is 5.32 Å². The van der Waals surface area contributed by atoms with Gasteiger partial charge in [0.05, 0.1) is 23.4 Å². The number of H-pyrrole nitrogens is 1. The molecule has 31 heavy (non-hydrogen) atoms. The van der Waals surface area contributed by atoms with Crippen molar-refractivity contribution in [1.29, 1.82) is 0 Å². The number of aromatic amines is 1. The van der Waals surface area contributed by atoms with Crippen molar-refractivity contribution < 1.29 is 14.4 Å². The van der Waals surface area contributed by atoms with Gasteiger partial charge in [0, 0.05) is 16.8 Å². The van der Waals surface area contributed by atoms with E-state index >= 15 is 0 Å². The first-order valence-corrected chi connectivity index (χ1v) is 11.5. The fourth-order valence-electron chi connectivity index (χ4n) is 4.41. The predicted molar refractivity (Wildman–Crippen MR) is 122 cm³/mol. The summed E-state index contributed by atoms with van der Waals surface area (Å²) in [5.41, 5.74) is 5.64. The first-order valence-electron chi connectivity index (χ1n) is 10.5. The molecule has 1 atom stereocenters. The van der Waals surface area contributed by atoms with E-state index in [1.165, 1.54) is 22.6 Å². The molecule has 2 heterocycles. The van der Waals surface area contributed by atoms with E-state index in [0.717, 1.165) is 41.1 Å². The average molecular weight is 434 g/mol. The number of nitrogens with one attached hydrogen (secondary N) is 2. The van der Waals surface area contributed by atoms with Crippen LogP contribution in [0.4, 0.5) is 10.5 Å². The number of hydrogen-bond acceptors (Lipinski definition) is 4. The number of fused-ring (bicyclic) bond motifs is 3. The van der Waals surface area contributed by atoms with Crippen molar-refractivity contribution in [2.75, 3.05) is 11.1 Å². The Bertz CT molecular complexity index is 1180. The molecule has 2 aromatic carbocycles. The molecule has 3 aromatic rings. The van der Waals surface area contributed by atoms with Crippen LogP contribution in [0, 0.1) is 5.92 Å². The number of hydrogen-bond donors (Lipinski definition) is 2. The zero-order valence-corrected chi connectivity index (χ0v) is 18.1. The van der Waals surface area contributed by atoms with Gasteiger partial charge in [-0.2, -0.15) is 0 Å². The topological polar surface area (TPSA) is 82.3 Å². The lowest BCUT2D eigenvalue weighted by Gasteiger charge is -2.17. The van der Waals surface area contributed by atoms with Gasteiger partial charge in [0.25, 0.3) is 11.1 Å². The fourth-order valence-corrected chi connectivity index (χ4v) is 5.14. The van der Waals surface area contributed by atoms with Crippen LogP contribution in [0.1, 0.15) is 40.5 Å². The van der Waals surface area contributed by atoms with Gasteiger partial charge in [0.2, 0.25) is 5.91 Å². The highest BCUT2D eigenvalue weighted by atomic mass is 32.2. The lowest BCUT2D eigenvalue weighted by molar-refractivity contribution is -0.125. The minimum absolute atomic E-state index is 0.161. The summed E-state index contributed by atoms with van der Waals surface area (Å²) in [6, 6.07) is 13.1. The van der Waals surface area contributed by atoms with Crippen LogP contribution in [0.15, 0.2) is 42.5 Å². The second kappa shape index (κ2) is 7.89. The maximum Gasteiger partial charge on any atom is 0.289 e. The van der Waals surface area contributed by atoms with Crippen molar-refractivity contribution in [3.8, 4) is 0 Å². The summed E-state index contributed by atoms with van der Waals surface area (Å²) in [5, 5.41) is 3.90. The van der Waals surface area contributed by atoms with Crippen molar-refractivity contribution in [3.05, 3.63) is 64.8 Å².